The number of nitriles is 1. The summed E-state index contributed by atoms with van der Waals surface area (Å²) in [6, 6.07) is 6.47. The van der Waals surface area contributed by atoms with Crippen molar-refractivity contribution < 1.29 is 4.39 Å². The molecule has 0 aromatic heterocycles. The molecule has 0 atom stereocenters. The topological polar surface area (TPSA) is 35.8 Å². The van der Waals surface area contributed by atoms with Crippen molar-refractivity contribution in [2.45, 2.75) is 43.4 Å². The quantitative estimate of drug-likeness (QED) is 0.895. The summed E-state index contributed by atoms with van der Waals surface area (Å²) in [6.45, 7) is 1.48. The Kier molecular flexibility index (Phi) is 5.45. The molecule has 1 N–H and O–H groups in total. The Hall–Kier alpha value is -1.05. The van der Waals surface area contributed by atoms with Gasteiger partial charge in [-0.25, -0.2) is 4.39 Å². The lowest BCUT2D eigenvalue weighted by Gasteiger charge is -2.36. The first-order valence-corrected chi connectivity index (χ1v) is 8.36. The summed E-state index contributed by atoms with van der Waals surface area (Å²) in [6.07, 6.45) is 8.60. The third-order valence-corrected chi connectivity index (χ3v) is 5.57. The molecule has 0 radical (unpaired) electrons. The van der Waals surface area contributed by atoms with E-state index in [4.69, 9.17) is 5.26 Å². The molecule has 2 rings (SSSR count). The van der Waals surface area contributed by atoms with Crippen LogP contribution < -0.4 is 5.32 Å². The molecule has 0 amide bonds. The molecule has 0 unspecified atom stereocenters. The maximum atomic E-state index is 13.3. The number of thioether (sulfide) groups is 1. The fourth-order valence-electron chi connectivity index (χ4n) is 2.89. The lowest BCUT2D eigenvalue weighted by atomic mass is 9.88. The van der Waals surface area contributed by atoms with E-state index in [0.717, 1.165) is 12.1 Å². The van der Waals surface area contributed by atoms with Gasteiger partial charge in [-0.05, 0) is 42.9 Å². The van der Waals surface area contributed by atoms with Gasteiger partial charge in [0.1, 0.15) is 5.82 Å². The summed E-state index contributed by atoms with van der Waals surface area (Å²) in [7, 11) is 0. The van der Waals surface area contributed by atoms with Gasteiger partial charge in [0.15, 0.2) is 0 Å². The molecule has 4 heteroatoms. The summed E-state index contributed by atoms with van der Waals surface area (Å²) in [5, 5.41) is 12.5. The molecule has 2 nitrogen and oxygen atoms in total. The van der Waals surface area contributed by atoms with Crippen LogP contribution in [0.1, 0.15) is 43.2 Å². The van der Waals surface area contributed by atoms with Crippen LogP contribution in [0.2, 0.25) is 0 Å². The van der Waals surface area contributed by atoms with Crippen molar-refractivity contribution in [1.82, 2.24) is 5.32 Å². The van der Waals surface area contributed by atoms with Gasteiger partial charge in [0.05, 0.1) is 11.6 Å². The molecule has 20 heavy (non-hydrogen) atoms. The molecule has 1 aliphatic rings. The van der Waals surface area contributed by atoms with Crippen LogP contribution in [0, 0.1) is 17.1 Å². The lowest BCUT2D eigenvalue weighted by Crippen LogP contribution is -2.39. The number of hydrogen-bond donors (Lipinski definition) is 1. The van der Waals surface area contributed by atoms with Gasteiger partial charge >= 0.3 is 0 Å². The smallest absolute Gasteiger partial charge is 0.123 e. The molecule has 0 spiro atoms. The highest BCUT2D eigenvalue weighted by Crippen LogP contribution is 2.38. The standard InChI is InChI=1S/C16H21FN2S/c1-20-16(7-3-2-4-8-16)12-19-11-14-9-15(17)6-5-13(14)10-18/h5-6,9,19H,2-4,7-8,11-12H2,1H3. The van der Waals surface area contributed by atoms with Crippen molar-refractivity contribution >= 4 is 11.8 Å². The van der Waals surface area contributed by atoms with E-state index in [0.29, 0.717) is 16.9 Å². The van der Waals surface area contributed by atoms with Crippen molar-refractivity contribution in [2.24, 2.45) is 0 Å². The molecular formula is C16H21FN2S. The maximum absolute atomic E-state index is 13.3. The number of benzene rings is 1. The Morgan fingerprint density at radius 2 is 2.10 bits per heavy atom. The summed E-state index contributed by atoms with van der Waals surface area (Å²) < 4.78 is 13.6. The molecule has 1 saturated carbocycles. The van der Waals surface area contributed by atoms with Crippen molar-refractivity contribution in [3.63, 3.8) is 0 Å². The van der Waals surface area contributed by atoms with E-state index in [-0.39, 0.29) is 5.82 Å². The van der Waals surface area contributed by atoms with E-state index in [1.54, 1.807) is 6.07 Å². The third-order valence-electron chi connectivity index (χ3n) is 4.15. The van der Waals surface area contributed by atoms with Gasteiger partial charge in [-0.1, -0.05) is 19.3 Å². The highest BCUT2D eigenvalue weighted by atomic mass is 32.2. The van der Waals surface area contributed by atoms with Crippen LogP contribution in [0.3, 0.4) is 0 Å². The van der Waals surface area contributed by atoms with Gasteiger partial charge in [0, 0.05) is 17.8 Å². The van der Waals surface area contributed by atoms with Crippen LogP contribution in [0.15, 0.2) is 18.2 Å². The SMILES string of the molecule is CSC1(CNCc2cc(F)ccc2C#N)CCCCC1. The van der Waals surface area contributed by atoms with E-state index in [1.807, 2.05) is 11.8 Å². The summed E-state index contributed by atoms with van der Waals surface area (Å²) in [5.74, 6) is -0.280. The molecule has 0 bridgehead atoms. The van der Waals surface area contributed by atoms with Gasteiger partial charge in [0.2, 0.25) is 0 Å². The molecule has 0 heterocycles. The van der Waals surface area contributed by atoms with E-state index in [2.05, 4.69) is 17.6 Å². The zero-order valence-electron chi connectivity index (χ0n) is 11.9. The second-order valence-corrected chi connectivity index (χ2v) is 6.74. The average Bonchev–Trinajstić information content (AvgIpc) is 2.48. The molecule has 108 valence electrons. The first-order valence-electron chi connectivity index (χ1n) is 7.13. The largest absolute Gasteiger partial charge is 0.311 e. The normalized spacial score (nSPS) is 17.6. The Morgan fingerprint density at radius 1 is 1.35 bits per heavy atom. The molecule has 0 aliphatic heterocycles. The summed E-state index contributed by atoms with van der Waals surface area (Å²) in [4.78, 5) is 0. The monoisotopic (exact) mass is 292 g/mol. The van der Waals surface area contributed by atoms with Crippen molar-refractivity contribution in [1.29, 1.82) is 5.26 Å². The predicted octanol–water partition coefficient (Wildman–Crippen LogP) is 3.85. The Balaban J connectivity index is 1.95. The van der Waals surface area contributed by atoms with Crippen molar-refractivity contribution in [2.75, 3.05) is 12.8 Å². The molecular weight excluding hydrogens is 271 g/mol. The fourth-order valence-corrected chi connectivity index (χ4v) is 3.84. The predicted molar refractivity (Wildman–Crippen MR) is 82.2 cm³/mol. The molecule has 1 aromatic carbocycles. The Bertz CT molecular complexity index is 490. The maximum Gasteiger partial charge on any atom is 0.123 e. The van der Waals surface area contributed by atoms with Crippen LogP contribution in [0.5, 0.6) is 0 Å². The number of halogens is 1. The Morgan fingerprint density at radius 3 is 2.75 bits per heavy atom. The van der Waals surface area contributed by atoms with Crippen LogP contribution >= 0.6 is 11.8 Å². The van der Waals surface area contributed by atoms with Gasteiger partial charge < -0.3 is 5.32 Å². The summed E-state index contributed by atoms with van der Waals surface area (Å²) >= 11 is 1.94. The number of nitrogens with one attached hydrogen (secondary N) is 1. The number of hydrogen-bond acceptors (Lipinski definition) is 3. The third kappa shape index (κ3) is 3.74. The van der Waals surface area contributed by atoms with Gasteiger partial charge in [0.25, 0.3) is 0 Å². The first-order chi connectivity index (χ1) is 9.69. The zero-order chi connectivity index (χ0) is 14.4. The van der Waals surface area contributed by atoms with E-state index >= 15 is 0 Å². The minimum absolute atomic E-state index is 0.280. The molecule has 1 fully saturated rings. The fraction of sp³-hybridized carbons (Fsp3) is 0.562. The van der Waals surface area contributed by atoms with Crippen LogP contribution in [0.4, 0.5) is 4.39 Å². The highest BCUT2D eigenvalue weighted by Gasteiger charge is 2.30. The number of nitrogens with zero attached hydrogens (tertiary/aromatic N) is 1. The van der Waals surface area contributed by atoms with E-state index in [9.17, 15) is 4.39 Å². The molecule has 1 aromatic rings. The van der Waals surface area contributed by atoms with Crippen LogP contribution in [0.25, 0.3) is 0 Å². The average molecular weight is 292 g/mol. The summed E-state index contributed by atoms with van der Waals surface area (Å²) in [5.41, 5.74) is 1.31. The van der Waals surface area contributed by atoms with E-state index in [1.165, 1.54) is 44.2 Å². The van der Waals surface area contributed by atoms with Crippen LogP contribution in [-0.4, -0.2) is 17.5 Å². The first kappa shape index (κ1) is 15.3. The van der Waals surface area contributed by atoms with Gasteiger partial charge in [-0.15, -0.1) is 0 Å². The molecule has 0 saturated heterocycles. The second kappa shape index (κ2) is 7.10. The number of rotatable bonds is 5. The second-order valence-electron chi connectivity index (χ2n) is 5.46. The molecule has 1 aliphatic carbocycles. The zero-order valence-corrected chi connectivity index (χ0v) is 12.7. The minimum atomic E-state index is -0.280. The van der Waals surface area contributed by atoms with Gasteiger partial charge in [-0.2, -0.15) is 17.0 Å². The minimum Gasteiger partial charge on any atom is -0.311 e. The lowest BCUT2D eigenvalue weighted by molar-refractivity contribution is 0.379. The Labute approximate surface area is 124 Å². The van der Waals surface area contributed by atoms with Crippen molar-refractivity contribution in [3.05, 3.63) is 35.1 Å². The van der Waals surface area contributed by atoms with E-state index < -0.39 is 0 Å². The van der Waals surface area contributed by atoms with Crippen LogP contribution in [-0.2, 0) is 6.54 Å². The highest BCUT2D eigenvalue weighted by molar-refractivity contribution is 8.00. The van der Waals surface area contributed by atoms with Crippen molar-refractivity contribution in [3.8, 4) is 6.07 Å². The van der Waals surface area contributed by atoms with Gasteiger partial charge in [-0.3, -0.25) is 0 Å².